The van der Waals surface area contributed by atoms with Crippen LogP contribution in [-0.4, -0.2) is 13.2 Å². The first kappa shape index (κ1) is 24.3. The third-order valence-corrected chi connectivity index (χ3v) is 10.9. The van der Waals surface area contributed by atoms with Crippen molar-refractivity contribution < 1.29 is 13.6 Å². The second kappa shape index (κ2) is 12.0. The molecule has 0 saturated carbocycles. The van der Waals surface area contributed by atoms with Crippen LogP contribution in [0.3, 0.4) is 0 Å². The molecule has 0 aliphatic carbocycles. The molecule has 0 aliphatic heterocycles. The summed E-state index contributed by atoms with van der Waals surface area (Å²) >= 11 is 17.8. The van der Waals surface area contributed by atoms with Gasteiger partial charge in [0.1, 0.15) is 6.07 Å². The van der Waals surface area contributed by atoms with Gasteiger partial charge >= 0.3 is 7.60 Å². The van der Waals surface area contributed by atoms with Crippen LogP contribution in [0.5, 0.6) is 0 Å². The minimum Gasteiger partial charge on any atom is -0.305 e. The van der Waals surface area contributed by atoms with Gasteiger partial charge in [0.15, 0.2) is 5.31 Å². The van der Waals surface area contributed by atoms with E-state index in [1.807, 2.05) is 24.3 Å². The van der Waals surface area contributed by atoms with E-state index in [0.29, 0.717) is 24.4 Å². The van der Waals surface area contributed by atoms with E-state index in [1.54, 1.807) is 13.8 Å². The topological polar surface area (TPSA) is 59.3 Å². The van der Waals surface area contributed by atoms with Crippen molar-refractivity contribution in [2.24, 2.45) is 0 Å². The number of rotatable bonds is 11. The first-order chi connectivity index (χ1) is 13.4. The monoisotopic (exact) mass is 513 g/mol. The number of thiophene rings is 2. The minimum absolute atomic E-state index is 0.0523. The highest BCUT2D eigenvalue weighted by Crippen LogP contribution is 2.60. The highest BCUT2D eigenvalue weighted by molar-refractivity contribution is 8.22. The minimum atomic E-state index is -3.69. The largest absolute Gasteiger partial charge is 0.373 e. The second-order valence-electron chi connectivity index (χ2n) is 5.07. The highest BCUT2D eigenvalue weighted by Gasteiger charge is 2.33. The molecule has 2 aromatic heterocycles. The molecule has 0 N–H and O–H groups in total. The molecule has 2 aromatic rings. The molecule has 4 nitrogen and oxygen atoms in total. The Morgan fingerprint density at radius 2 is 1.50 bits per heavy atom. The number of hydrogen-bond acceptors (Lipinski definition) is 8. The van der Waals surface area contributed by atoms with Crippen LogP contribution in [0.15, 0.2) is 33.8 Å². The summed E-state index contributed by atoms with van der Waals surface area (Å²) in [7, 11) is -3.69. The van der Waals surface area contributed by atoms with Gasteiger partial charge in [0.2, 0.25) is 0 Å². The SMILES string of the molecule is CCOP(=O)(OCC)C(C#N)=C(SCc1ccc(Cl)s1)SCc1ccc(Cl)s1. The number of nitriles is 1. The molecule has 0 fully saturated rings. The summed E-state index contributed by atoms with van der Waals surface area (Å²) in [6.45, 7) is 3.82. The molecule has 11 heteroatoms. The molecular formula is C17H18Cl2NO3PS4. The van der Waals surface area contributed by atoms with E-state index < -0.39 is 7.60 Å². The van der Waals surface area contributed by atoms with Crippen molar-refractivity contribution in [2.45, 2.75) is 25.4 Å². The summed E-state index contributed by atoms with van der Waals surface area (Å²) in [4.78, 5) is 2.12. The van der Waals surface area contributed by atoms with Gasteiger partial charge in [-0.15, -0.1) is 46.2 Å². The van der Waals surface area contributed by atoms with Gasteiger partial charge in [-0.25, -0.2) is 0 Å². The van der Waals surface area contributed by atoms with Gasteiger partial charge in [0.05, 0.1) is 26.1 Å². The Kier molecular flexibility index (Phi) is 10.5. The fourth-order valence-corrected chi connectivity index (χ4v) is 8.83. The Hall–Kier alpha value is 0.0600. The number of nitrogens with zero attached hydrogens (tertiary/aromatic N) is 1. The summed E-state index contributed by atoms with van der Waals surface area (Å²) in [5, 5.41) is 9.84. The van der Waals surface area contributed by atoms with E-state index in [4.69, 9.17) is 32.2 Å². The third kappa shape index (κ3) is 7.09. The molecular weight excluding hydrogens is 496 g/mol. The smallest absolute Gasteiger partial charge is 0.305 e. The van der Waals surface area contributed by atoms with Gasteiger partial charge in [-0.3, -0.25) is 4.57 Å². The van der Waals surface area contributed by atoms with Crippen LogP contribution in [0, 0.1) is 11.3 Å². The van der Waals surface area contributed by atoms with Crippen LogP contribution < -0.4 is 0 Å². The van der Waals surface area contributed by atoms with E-state index in [0.717, 1.165) is 9.75 Å². The summed E-state index contributed by atoms with van der Waals surface area (Å²) in [5.41, 5.74) is 0. The van der Waals surface area contributed by atoms with Gasteiger partial charge in [-0.2, -0.15) is 5.26 Å². The average molecular weight is 514 g/mol. The van der Waals surface area contributed by atoms with Gasteiger partial charge in [0.25, 0.3) is 0 Å². The fraction of sp³-hybridized carbons (Fsp3) is 0.353. The summed E-state index contributed by atoms with van der Waals surface area (Å²) < 4.78 is 26.1. The number of thioether (sulfide) groups is 2. The predicted molar refractivity (Wildman–Crippen MR) is 125 cm³/mol. The maximum absolute atomic E-state index is 13.2. The lowest BCUT2D eigenvalue weighted by molar-refractivity contribution is 0.227. The van der Waals surface area contributed by atoms with Crippen LogP contribution in [0.25, 0.3) is 0 Å². The van der Waals surface area contributed by atoms with Crippen molar-refractivity contribution in [3.05, 3.63) is 52.2 Å². The Morgan fingerprint density at radius 1 is 1.04 bits per heavy atom. The normalized spacial score (nSPS) is 11.4. The lowest BCUT2D eigenvalue weighted by atomic mass is 10.5. The zero-order valence-electron chi connectivity index (χ0n) is 15.1. The van der Waals surface area contributed by atoms with Crippen molar-refractivity contribution in [3.8, 4) is 6.07 Å². The molecule has 0 saturated heterocycles. The molecule has 0 amide bonds. The molecule has 0 aromatic carbocycles. The Labute approximate surface area is 191 Å². The molecule has 0 atom stereocenters. The van der Waals surface area contributed by atoms with E-state index in [1.165, 1.54) is 46.2 Å². The number of hydrogen-bond donors (Lipinski definition) is 0. The zero-order valence-corrected chi connectivity index (χ0v) is 20.8. The maximum Gasteiger partial charge on any atom is 0.373 e. The molecule has 0 radical (unpaired) electrons. The maximum atomic E-state index is 13.2. The van der Waals surface area contributed by atoms with Crippen LogP contribution in [0.4, 0.5) is 0 Å². The van der Waals surface area contributed by atoms with Gasteiger partial charge < -0.3 is 9.05 Å². The Balaban J connectivity index is 2.32. The van der Waals surface area contributed by atoms with Crippen LogP contribution in [-0.2, 0) is 25.1 Å². The summed E-state index contributed by atoms with van der Waals surface area (Å²) in [6, 6.07) is 9.63. The molecule has 152 valence electrons. The van der Waals surface area contributed by atoms with E-state index in [2.05, 4.69) is 6.07 Å². The molecule has 0 spiro atoms. The highest BCUT2D eigenvalue weighted by atomic mass is 35.5. The first-order valence-electron chi connectivity index (χ1n) is 8.20. The second-order valence-corrected chi connectivity index (χ2v) is 12.9. The predicted octanol–water partition coefficient (Wildman–Crippen LogP) is 8.24. The van der Waals surface area contributed by atoms with E-state index >= 15 is 0 Å². The molecule has 0 unspecified atom stereocenters. The zero-order chi connectivity index (χ0) is 20.6. The lowest BCUT2D eigenvalue weighted by Gasteiger charge is -2.18. The molecule has 28 heavy (non-hydrogen) atoms. The number of allylic oxidation sites excluding steroid dienone is 1. The van der Waals surface area contributed by atoms with Crippen molar-refractivity contribution in [1.82, 2.24) is 0 Å². The molecule has 0 aliphatic rings. The van der Waals surface area contributed by atoms with Crippen molar-refractivity contribution >= 4 is 77.0 Å². The lowest BCUT2D eigenvalue weighted by Crippen LogP contribution is -1.99. The standard InChI is InChI=1S/C17H18Cl2NO3PS4/c1-3-22-24(21,23-4-2)14(9-20)17(25-10-12-5-7-15(18)27-12)26-11-13-6-8-16(19)28-13/h5-8H,3-4,10-11H2,1-2H3. The van der Waals surface area contributed by atoms with Gasteiger partial charge in [0, 0.05) is 21.3 Å². The molecule has 2 heterocycles. The molecule has 0 bridgehead atoms. The third-order valence-electron chi connectivity index (χ3n) is 3.12. The van der Waals surface area contributed by atoms with E-state index in [-0.39, 0.29) is 18.5 Å². The quantitative estimate of drug-likeness (QED) is 0.222. The van der Waals surface area contributed by atoms with Gasteiger partial charge in [-0.05, 0) is 38.1 Å². The Bertz CT molecular complexity index is 850. The number of halogens is 2. The van der Waals surface area contributed by atoms with Crippen molar-refractivity contribution in [3.63, 3.8) is 0 Å². The summed E-state index contributed by atoms with van der Waals surface area (Å²) in [6.07, 6.45) is 0. The van der Waals surface area contributed by atoms with E-state index in [9.17, 15) is 9.83 Å². The van der Waals surface area contributed by atoms with Gasteiger partial charge in [-0.1, -0.05) is 23.2 Å². The fourth-order valence-electron chi connectivity index (χ4n) is 2.04. The molecule has 2 rings (SSSR count). The van der Waals surface area contributed by atoms with Crippen LogP contribution >= 0.6 is 77.0 Å². The van der Waals surface area contributed by atoms with Crippen molar-refractivity contribution in [1.29, 1.82) is 5.26 Å². The Morgan fingerprint density at radius 3 is 1.82 bits per heavy atom. The van der Waals surface area contributed by atoms with Crippen molar-refractivity contribution in [2.75, 3.05) is 13.2 Å². The van der Waals surface area contributed by atoms with Crippen LogP contribution in [0.2, 0.25) is 8.67 Å². The summed E-state index contributed by atoms with van der Waals surface area (Å²) in [5.74, 6) is 1.21. The first-order valence-corrected chi connectivity index (χ1v) is 14.1. The average Bonchev–Trinajstić information content (AvgIpc) is 3.25. The van der Waals surface area contributed by atoms with Crippen LogP contribution in [0.1, 0.15) is 23.6 Å².